The summed E-state index contributed by atoms with van der Waals surface area (Å²) in [5, 5.41) is 5.13. The zero-order valence-corrected chi connectivity index (χ0v) is 17.3. The number of nitrogens with one attached hydrogen (secondary N) is 1. The molecule has 3 aromatic rings. The first-order valence-electron chi connectivity index (χ1n) is 9.84. The number of carbonyl (C=O) groups is 1. The fourth-order valence-electron chi connectivity index (χ4n) is 3.17. The molecule has 29 heavy (non-hydrogen) atoms. The Balaban J connectivity index is 1.78. The smallest absolute Gasteiger partial charge is 0.231 e. The molecule has 1 N–H and O–H groups in total. The molecule has 5 nitrogen and oxygen atoms in total. The van der Waals surface area contributed by atoms with E-state index in [0.29, 0.717) is 30.4 Å². The number of hydrogen-bond acceptors (Lipinski definition) is 4. The summed E-state index contributed by atoms with van der Waals surface area (Å²) in [6.45, 7) is 6.82. The summed E-state index contributed by atoms with van der Waals surface area (Å²) in [7, 11) is 1.65. The van der Waals surface area contributed by atoms with Gasteiger partial charge in [-0.25, -0.2) is 0 Å². The zero-order valence-electron chi connectivity index (χ0n) is 17.3. The van der Waals surface area contributed by atoms with E-state index in [-0.39, 0.29) is 11.8 Å². The van der Waals surface area contributed by atoms with Crippen LogP contribution in [0.25, 0.3) is 10.8 Å². The van der Waals surface area contributed by atoms with Crippen LogP contribution in [0.2, 0.25) is 0 Å². The van der Waals surface area contributed by atoms with Gasteiger partial charge in [-0.3, -0.25) is 4.79 Å². The molecule has 1 atom stereocenters. The number of hydrogen-bond donors (Lipinski definition) is 1. The van der Waals surface area contributed by atoms with E-state index in [4.69, 9.17) is 14.2 Å². The van der Waals surface area contributed by atoms with Gasteiger partial charge in [-0.15, -0.1) is 0 Å². The maximum Gasteiger partial charge on any atom is 0.231 e. The number of fused-ring (bicyclic) bond motifs is 1. The van der Waals surface area contributed by atoms with Crippen molar-refractivity contribution in [1.82, 2.24) is 0 Å². The standard InChI is InChI=1S/C24H27NO4/c1-5-28-22-12-10-20(15-23(22)29-6-2)25-24(26)16(3)17-7-8-19-14-21(27-4)11-9-18(19)13-17/h7-16H,5-6H2,1-4H3,(H,25,26)/t16-/m0/s1. The number of ether oxygens (including phenoxy) is 3. The lowest BCUT2D eigenvalue weighted by molar-refractivity contribution is -0.117. The van der Waals surface area contributed by atoms with Crippen molar-refractivity contribution in [1.29, 1.82) is 0 Å². The van der Waals surface area contributed by atoms with Crippen LogP contribution in [0.15, 0.2) is 54.6 Å². The fourth-order valence-corrected chi connectivity index (χ4v) is 3.17. The van der Waals surface area contributed by atoms with Crippen LogP contribution in [0.4, 0.5) is 5.69 Å². The maximum atomic E-state index is 12.8. The molecule has 0 bridgehead atoms. The SMILES string of the molecule is CCOc1ccc(NC(=O)[C@@H](C)c2ccc3cc(OC)ccc3c2)cc1OCC. The fraction of sp³-hybridized carbons (Fsp3) is 0.292. The number of amides is 1. The molecule has 0 heterocycles. The third-order valence-corrected chi connectivity index (χ3v) is 4.78. The van der Waals surface area contributed by atoms with Crippen LogP contribution in [0.1, 0.15) is 32.3 Å². The molecule has 3 aromatic carbocycles. The van der Waals surface area contributed by atoms with Gasteiger partial charge in [0.25, 0.3) is 0 Å². The predicted molar refractivity (Wildman–Crippen MR) is 116 cm³/mol. The Bertz CT molecular complexity index is 999. The van der Waals surface area contributed by atoms with Crippen molar-refractivity contribution in [2.45, 2.75) is 26.7 Å². The van der Waals surface area contributed by atoms with Crippen molar-refractivity contribution in [3.8, 4) is 17.2 Å². The molecule has 3 rings (SSSR count). The van der Waals surface area contributed by atoms with E-state index in [1.165, 1.54) is 0 Å². The molecule has 5 heteroatoms. The molecule has 0 unspecified atom stereocenters. The topological polar surface area (TPSA) is 56.8 Å². The van der Waals surface area contributed by atoms with Gasteiger partial charge in [-0.1, -0.05) is 24.3 Å². The average Bonchev–Trinajstić information content (AvgIpc) is 2.74. The van der Waals surface area contributed by atoms with Crippen molar-refractivity contribution >= 4 is 22.4 Å². The minimum absolute atomic E-state index is 0.0792. The summed E-state index contributed by atoms with van der Waals surface area (Å²) in [6.07, 6.45) is 0. The van der Waals surface area contributed by atoms with Crippen molar-refractivity contribution in [3.63, 3.8) is 0 Å². The van der Waals surface area contributed by atoms with Crippen LogP contribution >= 0.6 is 0 Å². The van der Waals surface area contributed by atoms with E-state index < -0.39 is 0 Å². The molecule has 0 saturated carbocycles. The maximum absolute atomic E-state index is 12.8. The first-order chi connectivity index (χ1) is 14.0. The monoisotopic (exact) mass is 393 g/mol. The van der Waals surface area contributed by atoms with Gasteiger partial charge in [-0.2, -0.15) is 0 Å². The quantitative estimate of drug-likeness (QED) is 0.558. The molecular weight excluding hydrogens is 366 g/mol. The first kappa shape index (κ1) is 20.5. The largest absolute Gasteiger partial charge is 0.497 e. The minimum atomic E-state index is -0.302. The Morgan fingerprint density at radius 3 is 2.31 bits per heavy atom. The third kappa shape index (κ3) is 4.80. The van der Waals surface area contributed by atoms with Crippen LogP contribution in [0.5, 0.6) is 17.2 Å². The summed E-state index contributed by atoms with van der Waals surface area (Å²) < 4.78 is 16.5. The van der Waals surface area contributed by atoms with E-state index in [0.717, 1.165) is 22.1 Å². The summed E-state index contributed by atoms with van der Waals surface area (Å²) in [6, 6.07) is 17.4. The Labute approximate surface area is 171 Å². The molecule has 0 aliphatic rings. The molecule has 0 radical (unpaired) electrons. The Morgan fingerprint density at radius 1 is 0.897 bits per heavy atom. The molecule has 0 aromatic heterocycles. The van der Waals surface area contributed by atoms with E-state index in [1.807, 2.05) is 69.3 Å². The van der Waals surface area contributed by atoms with E-state index in [9.17, 15) is 4.79 Å². The van der Waals surface area contributed by atoms with Crippen molar-refractivity contribution in [2.24, 2.45) is 0 Å². The Morgan fingerprint density at radius 2 is 1.59 bits per heavy atom. The molecular formula is C24H27NO4. The predicted octanol–water partition coefficient (Wildman–Crippen LogP) is 5.39. The van der Waals surface area contributed by atoms with Gasteiger partial charge in [0.05, 0.1) is 26.2 Å². The van der Waals surface area contributed by atoms with E-state index in [2.05, 4.69) is 5.32 Å². The Hall–Kier alpha value is -3.21. The third-order valence-electron chi connectivity index (χ3n) is 4.78. The number of methoxy groups -OCH3 is 1. The summed E-state index contributed by atoms with van der Waals surface area (Å²) in [4.78, 5) is 12.8. The highest BCUT2D eigenvalue weighted by molar-refractivity contribution is 5.96. The van der Waals surface area contributed by atoms with Crippen LogP contribution < -0.4 is 19.5 Å². The molecule has 1 amide bonds. The second kappa shape index (κ2) is 9.32. The van der Waals surface area contributed by atoms with Gasteiger partial charge in [0.2, 0.25) is 5.91 Å². The highest BCUT2D eigenvalue weighted by Gasteiger charge is 2.17. The van der Waals surface area contributed by atoms with Gasteiger partial charge in [-0.05, 0) is 61.4 Å². The zero-order chi connectivity index (χ0) is 20.8. The van der Waals surface area contributed by atoms with Gasteiger partial charge in [0.15, 0.2) is 11.5 Å². The van der Waals surface area contributed by atoms with Crippen LogP contribution in [0, 0.1) is 0 Å². The minimum Gasteiger partial charge on any atom is -0.497 e. The van der Waals surface area contributed by atoms with Crippen LogP contribution in [-0.4, -0.2) is 26.2 Å². The van der Waals surface area contributed by atoms with E-state index >= 15 is 0 Å². The molecule has 0 spiro atoms. The number of benzene rings is 3. The molecule has 152 valence electrons. The number of anilines is 1. The molecule has 0 aliphatic carbocycles. The lowest BCUT2D eigenvalue weighted by Crippen LogP contribution is -2.19. The number of rotatable bonds is 8. The van der Waals surface area contributed by atoms with Gasteiger partial charge in [0, 0.05) is 11.8 Å². The van der Waals surface area contributed by atoms with Crippen LogP contribution in [0.3, 0.4) is 0 Å². The second-order valence-corrected chi connectivity index (χ2v) is 6.71. The summed E-state index contributed by atoms with van der Waals surface area (Å²) in [5.74, 6) is 1.73. The van der Waals surface area contributed by atoms with Gasteiger partial charge >= 0.3 is 0 Å². The van der Waals surface area contributed by atoms with Gasteiger partial charge < -0.3 is 19.5 Å². The summed E-state index contributed by atoms with van der Waals surface area (Å²) >= 11 is 0. The number of carbonyl (C=O) groups excluding carboxylic acids is 1. The normalized spacial score (nSPS) is 11.7. The van der Waals surface area contributed by atoms with Gasteiger partial charge in [0.1, 0.15) is 5.75 Å². The van der Waals surface area contributed by atoms with Crippen molar-refractivity contribution < 1.29 is 19.0 Å². The highest BCUT2D eigenvalue weighted by atomic mass is 16.5. The second-order valence-electron chi connectivity index (χ2n) is 6.71. The van der Waals surface area contributed by atoms with E-state index in [1.54, 1.807) is 13.2 Å². The van der Waals surface area contributed by atoms with Crippen molar-refractivity contribution in [2.75, 3.05) is 25.6 Å². The molecule has 0 aliphatic heterocycles. The lowest BCUT2D eigenvalue weighted by Gasteiger charge is -2.16. The average molecular weight is 393 g/mol. The first-order valence-corrected chi connectivity index (χ1v) is 9.84. The lowest BCUT2D eigenvalue weighted by atomic mass is 9.97. The highest BCUT2D eigenvalue weighted by Crippen LogP contribution is 2.31. The summed E-state index contributed by atoms with van der Waals surface area (Å²) in [5.41, 5.74) is 1.63. The molecule has 0 saturated heterocycles. The Kier molecular flexibility index (Phi) is 6.60. The van der Waals surface area contributed by atoms with Crippen LogP contribution in [-0.2, 0) is 4.79 Å². The van der Waals surface area contributed by atoms with Crippen molar-refractivity contribution in [3.05, 3.63) is 60.2 Å². The molecule has 0 fully saturated rings.